The summed E-state index contributed by atoms with van der Waals surface area (Å²) >= 11 is 1.03. The third-order valence-corrected chi connectivity index (χ3v) is 4.29. The van der Waals surface area contributed by atoms with Crippen LogP contribution in [0.3, 0.4) is 0 Å². The molecule has 0 aliphatic rings. The van der Waals surface area contributed by atoms with Crippen LogP contribution in [0, 0.1) is 5.82 Å². The van der Waals surface area contributed by atoms with Gasteiger partial charge in [0, 0.05) is 18.3 Å². The Morgan fingerprint density at radius 3 is 2.74 bits per heavy atom. The molecule has 0 atom stereocenters. The second-order valence-electron chi connectivity index (χ2n) is 5.35. The summed E-state index contributed by atoms with van der Waals surface area (Å²) in [5.74, 6) is -0.948. The van der Waals surface area contributed by atoms with E-state index in [1.54, 1.807) is 36.4 Å². The van der Waals surface area contributed by atoms with Crippen molar-refractivity contribution in [1.29, 1.82) is 0 Å². The molecule has 0 saturated heterocycles. The molecule has 2 aromatic carbocycles. The van der Waals surface area contributed by atoms with Crippen molar-refractivity contribution in [1.82, 2.24) is 15.5 Å². The summed E-state index contributed by atoms with van der Waals surface area (Å²) in [7, 11) is 1.53. The topological polar surface area (TPSA) is 97.1 Å². The van der Waals surface area contributed by atoms with Gasteiger partial charge in [0.2, 0.25) is 5.91 Å². The highest BCUT2D eigenvalue weighted by molar-refractivity contribution is 7.99. The quantitative estimate of drug-likeness (QED) is 0.632. The lowest BCUT2D eigenvalue weighted by Crippen LogP contribution is -2.18. The van der Waals surface area contributed by atoms with Crippen molar-refractivity contribution < 1.29 is 18.4 Å². The van der Waals surface area contributed by atoms with E-state index in [1.165, 1.54) is 19.2 Å². The Morgan fingerprint density at radius 1 is 1.15 bits per heavy atom. The lowest BCUT2D eigenvalue weighted by molar-refractivity contribution is -0.113. The van der Waals surface area contributed by atoms with Crippen LogP contribution in [0.15, 0.2) is 58.2 Å². The molecule has 0 aliphatic carbocycles. The molecule has 0 aliphatic heterocycles. The van der Waals surface area contributed by atoms with Gasteiger partial charge >= 0.3 is 0 Å². The van der Waals surface area contributed by atoms with E-state index in [0.717, 1.165) is 11.8 Å². The van der Waals surface area contributed by atoms with Gasteiger partial charge in [-0.1, -0.05) is 30.0 Å². The third-order valence-electron chi connectivity index (χ3n) is 3.47. The Bertz CT molecular complexity index is 977. The molecule has 27 heavy (non-hydrogen) atoms. The Hall–Kier alpha value is -3.20. The zero-order valence-corrected chi connectivity index (χ0v) is 15.0. The van der Waals surface area contributed by atoms with Crippen LogP contribution in [0.4, 0.5) is 10.1 Å². The van der Waals surface area contributed by atoms with Crippen molar-refractivity contribution in [2.75, 3.05) is 18.1 Å². The lowest BCUT2D eigenvalue weighted by atomic mass is 10.2. The summed E-state index contributed by atoms with van der Waals surface area (Å²) in [6, 6.07) is 12.6. The Labute approximate surface area is 158 Å². The van der Waals surface area contributed by atoms with Crippen LogP contribution in [0.5, 0.6) is 0 Å². The minimum atomic E-state index is -0.466. The van der Waals surface area contributed by atoms with Crippen LogP contribution in [0.1, 0.15) is 10.4 Å². The van der Waals surface area contributed by atoms with E-state index in [2.05, 4.69) is 20.8 Å². The normalized spacial score (nSPS) is 10.4. The first kappa shape index (κ1) is 18.6. The Morgan fingerprint density at radius 2 is 1.96 bits per heavy atom. The van der Waals surface area contributed by atoms with Crippen LogP contribution in [-0.4, -0.2) is 34.8 Å². The van der Waals surface area contributed by atoms with Crippen LogP contribution in [0.25, 0.3) is 11.5 Å². The van der Waals surface area contributed by atoms with Crippen molar-refractivity contribution in [3.63, 3.8) is 0 Å². The summed E-state index contributed by atoms with van der Waals surface area (Å²) in [5, 5.41) is 13.0. The van der Waals surface area contributed by atoms with E-state index in [0.29, 0.717) is 11.3 Å². The highest BCUT2D eigenvalue weighted by Crippen LogP contribution is 2.25. The second-order valence-corrected chi connectivity index (χ2v) is 6.28. The number of benzene rings is 2. The zero-order chi connectivity index (χ0) is 19.2. The number of anilines is 1. The van der Waals surface area contributed by atoms with E-state index in [9.17, 15) is 14.0 Å². The average molecular weight is 386 g/mol. The molecule has 0 fully saturated rings. The third kappa shape index (κ3) is 4.70. The zero-order valence-electron chi connectivity index (χ0n) is 14.2. The molecule has 3 aromatic rings. The monoisotopic (exact) mass is 386 g/mol. The highest BCUT2D eigenvalue weighted by atomic mass is 32.2. The standard InChI is InChI=1S/C18H15FN4O3S/c1-20-16(25)11-5-4-6-12(9-11)21-15(24)10-27-18-23-22-17(26-18)13-7-2-3-8-14(13)19/h2-9H,10H2,1H3,(H,20,25)(H,21,24). The molecule has 1 heterocycles. The van der Waals surface area contributed by atoms with Crippen LogP contribution in [0.2, 0.25) is 0 Å². The van der Waals surface area contributed by atoms with Crippen LogP contribution >= 0.6 is 11.8 Å². The van der Waals surface area contributed by atoms with Crippen molar-refractivity contribution in [3.8, 4) is 11.5 Å². The lowest BCUT2D eigenvalue weighted by Gasteiger charge is -2.06. The van der Waals surface area contributed by atoms with Crippen molar-refractivity contribution in [3.05, 3.63) is 59.9 Å². The fourth-order valence-corrected chi connectivity index (χ4v) is 2.78. The molecule has 0 bridgehead atoms. The molecule has 0 saturated carbocycles. The van der Waals surface area contributed by atoms with Gasteiger partial charge in [0.15, 0.2) is 0 Å². The molecule has 3 rings (SSSR count). The SMILES string of the molecule is CNC(=O)c1cccc(NC(=O)CSc2nnc(-c3ccccc3F)o2)c1. The van der Waals surface area contributed by atoms with Gasteiger partial charge in [0.25, 0.3) is 17.0 Å². The predicted molar refractivity (Wildman–Crippen MR) is 98.9 cm³/mol. The number of carbonyl (C=O) groups is 2. The van der Waals surface area contributed by atoms with Crippen LogP contribution in [-0.2, 0) is 4.79 Å². The summed E-state index contributed by atoms with van der Waals surface area (Å²) in [5.41, 5.74) is 1.14. The van der Waals surface area contributed by atoms with Gasteiger partial charge in [0.05, 0.1) is 11.3 Å². The molecule has 9 heteroatoms. The molecular weight excluding hydrogens is 371 g/mol. The van der Waals surface area contributed by atoms with E-state index in [-0.39, 0.29) is 34.2 Å². The number of nitrogens with zero attached hydrogens (tertiary/aromatic N) is 2. The van der Waals surface area contributed by atoms with Crippen molar-refractivity contribution >= 4 is 29.3 Å². The molecule has 0 unspecified atom stereocenters. The minimum Gasteiger partial charge on any atom is -0.411 e. The maximum absolute atomic E-state index is 13.7. The Balaban J connectivity index is 1.59. The fourth-order valence-electron chi connectivity index (χ4n) is 2.22. The number of thioether (sulfide) groups is 1. The fraction of sp³-hybridized carbons (Fsp3) is 0.111. The molecule has 2 amide bonds. The van der Waals surface area contributed by atoms with Gasteiger partial charge in [-0.3, -0.25) is 9.59 Å². The highest BCUT2D eigenvalue weighted by Gasteiger charge is 2.14. The number of carbonyl (C=O) groups excluding carboxylic acids is 2. The van der Waals surface area contributed by atoms with Gasteiger partial charge in [-0.25, -0.2) is 4.39 Å². The molecule has 0 spiro atoms. The van der Waals surface area contributed by atoms with E-state index >= 15 is 0 Å². The van der Waals surface area contributed by atoms with Gasteiger partial charge in [0.1, 0.15) is 5.82 Å². The Kier molecular flexibility index (Phi) is 5.82. The number of amides is 2. The van der Waals surface area contributed by atoms with E-state index < -0.39 is 5.82 Å². The smallest absolute Gasteiger partial charge is 0.277 e. The summed E-state index contributed by atoms with van der Waals surface area (Å²) in [4.78, 5) is 23.7. The van der Waals surface area contributed by atoms with Crippen molar-refractivity contribution in [2.24, 2.45) is 0 Å². The van der Waals surface area contributed by atoms with Gasteiger partial charge in [-0.05, 0) is 30.3 Å². The maximum Gasteiger partial charge on any atom is 0.277 e. The predicted octanol–water partition coefficient (Wildman–Crippen LogP) is 2.97. The molecule has 0 radical (unpaired) electrons. The van der Waals surface area contributed by atoms with Gasteiger partial charge in [-0.2, -0.15) is 0 Å². The molecule has 1 aromatic heterocycles. The van der Waals surface area contributed by atoms with E-state index in [1.807, 2.05) is 0 Å². The molecular formula is C18H15FN4O3S. The first-order chi connectivity index (χ1) is 13.1. The molecule has 2 N–H and O–H groups in total. The number of halogens is 1. The minimum absolute atomic E-state index is 0.0170. The van der Waals surface area contributed by atoms with Gasteiger partial charge in [-0.15, -0.1) is 10.2 Å². The van der Waals surface area contributed by atoms with Crippen LogP contribution < -0.4 is 10.6 Å². The largest absolute Gasteiger partial charge is 0.411 e. The first-order valence-electron chi connectivity index (χ1n) is 7.90. The van der Waals surface area contributed by atoms with Crippen molar-refractivity contribution in [2.45, 2.75) is 5.22 Å². The average Bonchev–Trinajstić information content (AvgIpc) is 3.15. The summed E-state index contributed by atoms with van der Waals surface area (Å²) in [6.07, 6.45) is 0. The van der Waals surface area contributed by atoms with Gasteiger partial charge < -0.3 is 15.1 Å². The number of aromatic nitrogens is 2. The maximum atomic E-state index is 13.7. The molecule has 7 nitrogen and oxygen atoms in total. The molecule has 138 valence electrons. The summed E-state index contributed by atoms with van der Waals surface area (Å²) in [6.45, 7) is 0. The number of rotatable bonds is 6. The first-order valence-corrected chi connectivity index (χ1v) is 8.88. The summed E-state index contributed by atoms with van der Waals surface area (Å²) < 4.78 is 19.1. The second kappa shape index (κ2) is 8.45. The number of hydrogen-bond acceptors (Lipinski definition) is 6. The number of nitrogens with one attached hydrogen (secondary N) is 2. The van der Waals surface area contributed by atoms with E-state index in [4.69, 9.17) is 4.42 Å². The number of hydrogen-bond donors (Lipinski definition) is 2.